The number of ether oxygens (including phenoxy) is 2. The molecule has 0 radical (unpaired) electrons. The highest BCUT2D eigenvalue weighted by atomic mass is 16.5. The Labute approximate surface area is 181 Å². The molecule has 7 heteroatoms. The number of nitrogens with zero attached hydrogens (tertiary/aromatic N) is 1. The highest BCUT2D eigenvalue weighted by molar-refractivity contribution is 5.98. The Morgan fingerprint density at radius 2 is 2.00 bits per heavy atom. The number of nitrogens with one attached hydrogen (secondary N) is 1. The van der Waals surface area contributed by atoms with E-state index in [1.807, 2.05) is 19.1 Å². The average molecular weight is 422 g/mol. The van der Waals surface area contributed by atoms with E-state index in [2.05, 4.69) is 5.32 Å². The Kier molecular flexibility index (Phi) is 7.43. The number of carbonyl (C=O) groups is 3. The van der Waals surface area contributed by atoms with Gasteiger partial charge in [-0.3, -0.25) is 14.4 Å². The molecule has 1 N–H and O–H groups in total. The molecule has 31 heavy (non-hydrogen) atoms. The van der Waals surface area contributed by atoms with Crippen molar-refractivity contribution >= 4 is 29.9 Å². The number of methoxy groups -OCH3 is 1. The minimum Gasteiger partial charge on any atom is -0.493 e. The van der Waals surface area contributed by atoms with Crippen LogP contribution < -0.4 is 19.7 Å². The minimum atomic E-state index is -0.281. The zero-order valence-corrected chi connectivity index (χ0v) is 17.7. The number of ketones is 1. The molecular formula is C24H26N2O5. The molecule has 0 aromatic heterocycles. The molecule has 0 atom stereocenters. The second-order valence-corrected chi connectivity index (χ2v) is 7.03. The van der Waals surface area contributed by atoms with E-state index in [-0.39, 0.29) is 24.7 Å². The van der Waals surface area contributed by atoms with Crippen LogP contribution in [0.1, 0.15) is 34.8 Å². The summed E-state index contributed by atoms with van der Waals surface area (Å²) < 4.78 is 10.8. The smallest absolute Gasteiger partial charge is 0.244 e. The SMILES string of the molecule is CCOc1ccc(/C=C/C(=O)NCCC(=O)c2ccc3c(c2)CCN3C=O)cc1OC. The maximum atomic E-state index is 12.4. The van der Waals surface area contributed by atoms with Gasteiger partial charge in [-0.1, -0.05) is 6.07 Å². The Bertz CT molecular complexity index is 999. The van der Waals surface area contributed by atoms with E-state index in [1.165, 1.54) is 6.08 Å². The summed E-state index contributed by atoms with van der Waals surface area (Å²) in [5, 5.41) is 2.73. The van der Waals surface area contributed by atoms with E-state index in [1.54, 1.807) is 42.4 Å². The second kappa shape index (κ2) is 10.4. The Balaban J connectivity index is 1.50. The molecule has 0 saturated heterocycles. The molecule has 1 aliphatic heterocycles. The summed E-state index contributed by atoms with van der Waals surface area (Å²) in [6.45, 7) is 3.31. The first kappa shape index (κ1) is 22.1. The molecule has 2 aromatic rings. The fourth-order valence-electron chi connectivity index (χ4n) is 3.45. The number of anilines is 1. The van der Waals surface area contributed by atoms with Crippen LogP contribution in [-0.4, -0.2) is 44.9 Å². The molecule has 2 amide bonds. The summed E-state index contributed by atoms with van der Waals surface area (Å²) in [5.74, 6) is 0.917. The lowest BCUT2D eigenvalue weighted by molar-refractivity contribution is -0.116. The molecule has 2 aromatic carbocycles. The van der Waals surface area contributed by atoms with Gasteiger partial charge in [0.15, 0.2) is 17.3 Å². The van der Waals surface area contributed by atoms with Crippen LogP contribution in [-0.2, 0) is 16.0 Å². The number of hydrogen-bond donors (Lipinski definition) is 1. The summed E-state index contributed by atoms with van der Waals surface area (Å²) in [5.41, 5.74) is 3.25. The molecule has 0 fully saturated rings. The molecule has 0 spiro atoms. The van der Waals surface area contributed by atoms with E-state index in [4.69, 9.17) is 9.47 Å². The lowest BCUT2D eigenvalue weighted by Crippen LogP contribution is -2.24. The van der Waals surface area contributed by atoms with Gasteiger partial charge in [0.05, 0.1) is 13.7 Å². The summed E-state index contributed by atoms with van der Waals surface area (Å²) in [6.07, 6.45) is 4.84. The molecule has 7 nitrogen and oxygen atoms in total. The van der Waals surface area contributed by atoms with Crippen molar-refractivity contribution in [3.05, 3.63) is 59.2 Å². The van der Waals surface area contributed by atoms with E-state index in [0.29, 0.717) is 30.2 Å². The van der Waals surface area contributed by atoms with Crippen molar-refractivity contribution in [2.24, 2.45) is 0 Å². The number of carbonyl (C=O) groups excluding carboxylic acids is 3. The molecule has 1 heterocycles. The van der Waals surface area contributed by atoms with Gasteiger partial charge in [-0.05, 0) is 60.9 Å². The van der Waals surface area contributed by atoms with Gasteiger partial charge in [-0.25, -0.2) is 0 Å². The van der Waals surface area contributed by atoms with Crippen molar-refractivity contribution in [1.82, 2.24) is 5.32 Å². The molecule has 162 valence electrons. The van der Waals surface area contributed by atoms with Gasteiger partial charge in [0.25, 0.3) is 0 Å². The second-order valence-electron chi connectivity index (χ2n) is 7.03. The highest BCUT2D eigenvalue weighted by Gasteiger charge is 2.19. The number of rotatable bonds is 10. The van der Waals surface area contributed by atoms with Crippen LogP contribution >= 0.6 is 0 Å². The molecule has 0 saturated carbocycles. The van der Waals surface area contributed by atoms with Crippen molar-refractivity contribution in [2.75, 3.05) is 31.7 Å². The van der Waals surface area contributed by atoms with Crippen LogP contribution in [0.25, 0.3) is 6.08 Å². The van der Waals surface area contributed by atoms with Gasteiger partial charge < -0.3 is 19.7 Å². The van der Waals surface area contributed by atoms with Crippen LogP contribution in [0.15, 0.2) is 42.5 Å². The fraction of sp³-hybridized carbons (Fsp3) is 0.292. The third-order valence-corrected chi connectivity index (χ3v) is 5.03. The van der Waals surface area contributed by atoms with E-state index in [9.17, 15) is 14.4 Å². The predicted octanol–water partition coefficient (Wildman–Crippen LogP) is 3.02. The molecule has 1 aliphatic rings. The largest absolute Gasteiger partial charge is 0.493 e. The number of fused-ring (bicyclic) bond motifs is 1. The summed E-state index contributed by atoms with van der Waals surface area (Å²) in [4.78, 5) is 37.2. The molecule has 0 aliphatic carbocycles. The number of amides is 2. The lowest BCUT2D eigenvalue weighted by Gasteiger charge is -2.10. The standard InChI is InChI=1S/C24H26N2O5/c1-3-31-22-8-4-17(14-23(22)30-2)5-9-24(29)25-12-10-21(28)19-6-7-20-18(15-19)11-13-26(20)16-27/h4-9,14-16H,3,10-13H2,1-2H3,(H,25,29)/b9-5+. The molecular weight excluding hydrogens is 396 g/mol. The van der Waals surface area contributed by atoms with Crippen molar-refractivity contribution in [3.63, 3.8) is 0 Å². The maximum Gasteiger partial charge on any atom is 0.244 e. The fourth-order valence-corrected chi connectivity index (χ4v) is 3.45. The van der Waals surface area contributed by atoms with E-state index in [0.717, 1.165) is 29.6 Å². The quantitative estimate of drug-likeness (QED) is 0.361. The van der Waals surface area contributed by atoms with Crippen molar-refractivity contribution in [1.29, 1.82) is 0 Å². The normalized spacial score (nSPS) is 12.5. The Morgan fingerprint density at radius 1 is 1.16 bits per heavy atom. The van der Waals surface area contributed by atoms with Crippen LogP contribution in [0, 0.1) is 0 Å². The number of hydrogen-bond acceptors (Lipinski definition) is 5. The zero-order chi connectivity index (χ0) is 22.2. The van der Waals surface area contributed by atoms with Crippen LogP contribution in [0.4, 0.5) is 5.69 Å². The first-order chi connectivity index (χ1) is 15.0. The summed E-state index contributed by atoms with van der Waals surface area (Å²) in [7, 11) is 1.56. The van der Waals surface area contributed by atoms with Gasteiger partial charge in [0.2, 0.25) is 12.3 Å². The predicted molar refractivity (Wildman–Crippen MR) is 119 cm³/mol. The van der Waals surface area contributed by atoms with Crippen LogP contribution in [0.5, 0.6) is 11.5 Å². The third-order valence-electron chi connectivity index (χ3n) is 5.03. The third kappa shape index (κ3) is 5.51. The summed E-state index contributed by atoms with van der Waals surface area (Å²) in [6, 6.07) is 10.8. The van der Waals surface area contributed by atoms with Gasteiger partial charge in [0, 0.05) is 36.8 Å². The topological polar surface area (TPSA) is 84.9 Å². The monoisotopic (exact) mass is 422 g/mol. The Hall–Kier alpha value is -3.61. The zero-order valence-electron chi connectivity index (χ0n) is 17.7. The molecule has 0 unspecified atom stereocenters. The van der Waals surface area contributed by atoms with Crippen LogP contribution in [0.3, 0.4) is 0 Å². The van der Waals surface area contributed by atoms with Crippen molar-refractivity contribution in [2.45, 2.75) is 19.8 Å². The van der Waals surface area contributed by atoms with E-state index >= 15 is 0 Å². The first-order valence-electron chi connectivity index (χ1n) is 10.2. The van der Waals surface area contributed by atoms with Crippen molar-refractivity contribution < 1.29 is 23.9 Å². The molecule has 3 rings (SSSR count). The minimum absolute atomic E-state index is 0.0483. The van der Waals surface area contributed by atoms with Crippen LogP contribution in [0.2, 0.25) is 0 Å². The number of benzene rings is 2. The van der Waals surface area contributed by atoms with Gasteiger partial charge in [0.1, 0.15) is 0 Å². The highest BCUT2D eigenvalue weighted by Crippen LogP contribution is 2.29. The van der Waals surface area contributed by atoms with Crippen molar-refractivity contribution in [3.8, 4) is 11.5 Å². The van der Waals surface area contributed by atoms with E-state index < -0.39 is 0 Å². The van der Waals surface area contributed by atoms with Gasteiger partial charge >= 0.3 is 0 Å². The lowest BCUT2D eigenvalue weighted by atomic mass is 10.0. The summed E-state index contributed by atoms with van der Waals surface area (Å²) >= 11 is 0. The average Bonchev–Trinajstić information content (AvgIpc) is 3.20. The maximum absolute atomic E-state index is 12.4. The molecule has 0 bridgehead atoms. The first-order valence-corrected chi connectivity index (χ1v) is 10.2. The number of Topliss-reactive ketones (excluding diaryl/α,β-unsaturated/α-hetero) is 1. The Morgan fingerprint density at radius 3 is 2.74 bits per heavy atom. The van der Waals surface area contributed by atoms with Gasteiger partial charge in [-0.2, -0.15) is 0 Å². The van der Waals surface area contributed by atoms with Gasteiger partial charge in [-0.15, -0.1) is 0 Å².